The number of imidazole rings is 1. The molecule has 0 saturated heterocycles. The molecule has 2 aromatic heterocycles. The zero-order valence-corrected chi connectivity index (χ0v) is 13.3. The lowest BCUT2D eigenvalue weighted by molar-refractivity contribution is 0.103. The summed E-state index contributed by atoms with van der Waals surface area (Å²) < 4.78 is 6.15. The highest BCUT2D eigenvalue weighted by molar-refractivity contribution is 9.10. The average Bonchev–Trinajstić information content (AvgIpc) is 2.87. The largest absolute Gasteiger partial charge is 0.466 e. The Morgan fingerprint density at radius 3 is 2.29 bits per heavy atom. The van der Waals surface area contributed by atoms with Gasteiger partial charge < -0.3 is 14.4 Å². The summed E-state index contributed by atoms with van der Waals surface area (Å²) in [6, 6.07) is 3.39. The molecule has 108 valence electrons. The lowest BCUT2D eigenvalue weighted by Gasteiger charge is -2.04. The number of furan rings is 1. The minimum absolute atomic E-state index is 0.127. The van der Waals surface area contributed by atoms with Crippen molar-refractivity contribution in [1.29, 1.82) is 0 Å². The first-order valence-corrected chi connectivity index (χ1v) is 7.20. The molecule has 2 heterocycles. The smallest absolute Gasteiger partial charge is 0.323 e. The maximum atomic E-state index is 12.8. The van der Waals surface area contributed by atoms with E-state index in [1.165, 1.54) is 0 Å². The number of nitrogens with one attached hydrogen (secondary N) is 2. The van der Waals surface area contributed by atoms with Crippen LogP contribution in [0.1, 0.15) is 33.0 Å². The zero-order chi connectivity index (χ0) is 15.3. The van der Waals surface area contributed by atoms with Gasteiger partial charge in [-0.3, -0.25) is 4.79 Å². The van der Waals surface area contributed by atoms with Crippen LogP contribution in [0.3, 0.4) is 0 Å². The Labute approximate surface area is 128 Å². The van der Waals surface area contributed by atoms with Crippen LogP contribution in [0.15, 0.2) is 25.8 Å². The van der Waals surface area contributed by atoms with Gasteiger partial charge in [0.15, 0.2) is 5.78 Å². The fourth-order valence-electron chi connectivity index (χ4n) is 2.49. The highest BCUT2D eigenvalue weighted by Crippen LogP contribution is 2.28. The lowest BCUT2D eigenvalue weighted by Crippen LogP contribution is -2.05. The quantitative estimate of drug-likeness (QED) is 0.697. The van der Waals surface area contributed by atoms with Crippen molar-refractivity contribution in [2.45, 2.75) is 20.8 Å². The second-order valence-corrected chi connectivity index (χ2v) is 5.85. The molecule has 21 heavy (non-hydrogen) atoms. The van der Waals surface area contributed by atoms with E-state index in [2.05, 4.69) is 25.9 Å². The van der Waals surface area contributed by atoms with Crippen molar-refractivity contribution in [3.05, 3.63) is 55.3 Å². The number of ketones is 1. The normalized spacial score (nSPS) is 11.2. The molecular formula is C15H13BrN2O3. The molecule has 2 N–H and O–H groups in total. The van der Waals surface area contributed by atoms with Crippen molar-refractivity contribution >= 4 is 32.7 Å². The predicted molar refractivity (Wildman–Crippen MR) is 83.0 cm³/mol. The van der Waals surface area contributed by atoms with Gasteiger partial charge >= 0.3 is 5.69 Å². The number of aromatic nitrogens is 2. The van der Waals surface area contributed by atoms with Crippen molar-refractivity contribution in [2.24, 2.45) is 0 Å². The van der Waals surface area contributed by atoms with E-state index in [-0.39, 0.29) is 11.5 Å². The van der Waals surface area contributed by atoms with Crippen LogP contribution in [0, 0.1) is 20.8 Å². The number of halogens is 1. The highest BCUT2D eigenvalue weighted by atomic mass is 79.9. The Bertz CT molecular complexity index is 930. The first kappa shape index (κ1) is 13.9. The van der Waals surface area contributed by atoms with Crippen molar-refractivity contribution < 1.29 is 9.21 Å². The zero-order valence-electron chi connectivity index (χ0n) is 11.8. The van der Waals surface area contributed by atoms with E-state index >= 15 is 0 Å². The van der Waals surface area contributed by atoms with Crippen LogP contribution in [0.25, 0.3) is 11.0 Å². The summed E-state index contributed by atoms with van der Waals surface area (Å²) in [6.45, 7) is 5.47. The summed E-state index contributed by atoms with van der Waals surface area (Å²) in [5.41, 5.74) is 2.86. The van der Waals surface area contributed by atoms with E-state index in [0.717, 1.165) is 11.3 Å². The third-order valence-corrected chi connectivity index (χ3v) is 4.29. The average molecular weight is 349 g/mol. The summed E-state index contributed by atoms with van der Waals surface area (Å²) in [5.74, 6) is 1.21. The van der Waals surface area contributed by atoms with Gasteiger partial charge in [0.2, 0.25) is 0 Å². The lowest BCUT2D eigenvalue weighted by atomic mass is 9.99. The van der Waals surface area contributed by atoms with E-state index in [4.69, 9.17) is 4.42 Å². The molecule has 0 amide bonds. The molecule has 0 aliphatic rings. The van der Waals surface area contributed by atoms with Gasteiger partial charge in [-0.2, -0.15) is 0 Å². The minimum atomic E-state index is -0.298. The van der Waals surface area contributed by atoms with E-state index in [0.29, 0.717) is 32.4 Å². The van der Waals surface area contributed by atoms with Crippen LogP contribution in [-0.4, -0.2) is 15.8 Å². The molecule has 0 aliphatic heterocycles. The summed E-state index contributed by atoms with van der Waals surface area (Å²) >= 11 is 3.39. The number of H-pyrrole nitrogens is 2. The third-order valence-electron chi connectivity index (χ3n) is 3.64. The van der Waals surface area contributed by atoms with Crippen LogP contribution in [0.2, 0.25) is 0 Å². The third kappa shape index (κ3) is 2.15. The minimum Gasteiger partial charge on any atom is -0.466 e. The molecule has 0 atom stereocenters. The fraction of sp³-hybridized carbons (Fsp3) is 0.200. The number of benzene rings is 1. The van der Waals surface area contributed by atoms with Crippen molar-refractivity contribution in [2.75, 3.05) is 0 Å². The van der Waals surface area contributed by atoms with Crippen LogP contribution >= 0.6 is 15.9 Å². The molecule has 1 aromatic carbocycles. The van der Waals surface area contributed by atoms with Gasteiger partial charge in [0.1, 0.15) is 11.5 Å². The SMILES string of the molecule is Cc1oc(C)c(C(=O)c2cc3[nH]c(=O)[nH]c3cc2Br)c1C. The van der Waals surface area contributed by atoms with Gasteiger partial charge in [-0.15, -0.1) is 0 Å². The maximum Gasteiger partial charge on any atom is 0.323 e. The van der Waals surface area contributed by atoms with Crippen LogP contribution in [0.5, 0.6) is 0 Å². The van der Waals surface area contributed by atoms with E-state index < -0.39 is 0 Å². The molecular weight excluding hydrogens is 336 g/mol. The van der Waals surface area contributed by atoms with Gasteiger partial charge in [-0.1, -0.05) is 0 Å². The molecule has 6 heteroatoms. The number of fused-ring (bicyclic) bond motifs is 1. The summed E-state index contributed by atoms with van der Waals surface area (Å²) in [6.07, 6.45) is 0. The molecule has 0 spiro atoms. The Kier molecular flexibility index (Phi) is 3.13. The molecule has 0 bridgehead atoms. The number of hydrogen-bond acceptors (Lipinski definition) is 3. The van der Waals surface area contributed by atoms with E-state index in [1.54, 1.807) is 19.1 Å². The van der Waals surface area contributed by atoms with E-state index in [1.807, 2.05) is 13.8 Å². The number of aryl methyl sites for hydroxylation is 2. The predicted octanol–water partition coefficient (Wildman–Crippen LogP) is 3.37. The van der Waals surface area contributed by atoms with Crippen LogP contribution in [-0.2, 0) is 0 Å². The Balaban J connectivity index is 2.21. The molecule has 0 fully saturated rings. The number of aromatic amines is 2. The first-order valence-electron chi connectivity index (χ1n) is 6.41. The topological polar surface area (TPSA) is 78.9 Å². The van der Waals surface area contributed by atoms with Crippen molar-refractivity contribution in [3.63, 3.8) is 0 Å². The summed E-state index contributed by atoms with van der Waals surface area (Å²) in [4.78, 5) is 29.4. The molecule has 0 unspecified atom stereocenters. The van der Waals surface area contributed by atoms with Crippen molar-refractivity contribution in [1.82, 2.24) is 9.97 Å². The van der Waals surface area contributed by atoms with Gasteiger partial charge in [0.25, 0.3) is 0 Å². The number of hydrogen-bond donors (Lipinski definition) is 2. The van der Waals surface area contributed by atoms with E-state index in [9.17, 15) is 9.59 Å². The molecule has 0 aliphatic carbocycles. The van der Waals surface area contributed by atoms with Gasteiger partial charge in [0, 0.05) is 15.6 Å². The van der Waals surface area contributed by atoms with Gasteiger partial charge in [0.05, 0.1) is 16.6 Å². The summed E-state index contributed by atoms with van der Waals surface area (Å²) in [5, 5.41) is 0. The fourth-order valence-corrected chi connectivity index (χ4v) is 3.02. The molecule has 5 nitrogen and oxygen atoms in total. The summed E-state index contributed by atoms with van der Waals surface area (Å²) in [7, 11) is 0. The molecule has 3 rings (SSSR count). The number of carbonyl (C=O) groups is 1. The highest BCUT2D eigenvalue weighted by Gasteiger charge is 2.22. The van der Waals surface area contributed by atoms with Crippen LogP contribution in [0.4, 0.5) is 0 Å². The maximum absolute atomic E-state index is 12.8. The standard InChI is InChI=1S/C15H13BrN2O3/c1-6-7(2)21-8(3)13(6)14(19)9-4-11-12(5-10(9)16)18-15(20)17-11/h4-5H,1-3H3,(H2,17,18,20). The second-order valence-electron chi connectivity index (χ2n) is 5.00. The van der Waals surface area contributed by atoms with Gasteiger partial charge in [-0.05, 0) is 48.8 Å². The monoisotopic (exact) mass is 348 g/mol. The molecule has 3 aromatic rings. The van der Waals surface area contributed by atoms with Crippen LogP contribution < -0.4 is 5.69 Å². The Morgan fingerprint density at radius 1 is 1.10 bits per heavy atom. The van der Waals surface area contributed by atoms with Gasteiger partial charge in [-0.25, -0.2) is 4.79 Å². The second kappa shape index (κ2) is 4.73. The Hall–Kier alpha value is -2.08. The first-order chi connectivity index (χ1) is 9.88. The molecule has 0 radical (unpaired) electrons. The molecule has 0 saturated carbocycles. The Morgan fingerprint density at radius 2 is 1.71 bits per heavy atom. The number of carbonyl (C=O) groups excluding carboxylic acids is 1. The van der Waals surface area contributed by atoms with Crippen molar-refractivity contribution in [3.8, 4) is 0 Å². The number of rotatable bonds is 2.